The highest BCUT2D eigenvalue weighted by Crippen LogP contribution is 2.25. The van der Waals surface area contributed by atoms with Crippen LogP contribution >= 0.6 is 11.6 Å². The fourth-order valence-corrected chi connectivity index (χ4v) is 2.31. The van der Waals surface area contributed by atoms with Gasteiger partial charge in [-0.3, -0.25) is 9.59 Å². The monoisotopic (exact) mass is 326 g/mol. The van der Waals surface area contributed by atoms with E-state index in [1.54, 1.807) is 18.2 Å². The van der Waals surface area contributed by atoms with Crippen LogP contribution < -0.4 is 10.6 Å². The van der Waals surface area contributed by atoms with E-state index < -0.39 is 0 Å². The topological polar surface area (TPSA) is 76.7 Å². The Hall–Kier alpha value is -1.63. The summed E-state index contributed by atoms with van der Waals surface area (Å²) < 4.78 is 10.7. The van der Waals surface area contributed by atoms with Crippen molar-refractivity contribution in [2.24, 2.45) is 0 Å². The Morgan fingerprint density at radius 3 is 2.91 bits per heavy atom. The van der Waals surface area contributed by atoms with E-state index in [-0.39, 0.29) is 24.5 Å². The van der Waals surface area contributed by atoms with Crippen molar-refractivity contribution < 1.29 is 19.1 Å². The molecule has 6 nitrogen and oxygen atoms in total. The first-order valence-corrected chi connectivity index (χ1v) is 7.49. The van der Waals surface area contributed by atoms with Crippen LogP contribution in [-0.2, 0) is 19.1 Å². The lowest BCUT2D eigenvalue weighted by Gasteiger charge is -2.11. The summed E-state index contributed by atoms with van der Waals surface area (Å²) in [5.74, 6) is -0.501. The van der Waals surface area contributed by atoms with Crippen molar-refractivity contribution in [3.05, 3.63) is 23.2 Å². The molecule has 0 saturated carbocycles. The summed E-state index contributed by atoms with van der Waals surface area (Å²) in [4.78, 5) is 22.9. The molecule has 1 saturated heterocycles. The van der Waals surface area contributed by atoms with Crippen molar-refractivity contribution in [2.75, 3.05) is 30.5 Å². The van der Waals surface area contributed by atoms with Crippen molar-refractivity contribution in [1.82, 2.24) is 0 Å². The van der Waals surface area contributed by atoms with Gasteiger partial charge in [0.25, 0.3) is 0 Å². The minimum absolute atomic E-state index is 0.0437. The number of nitrogens with one attached hydrogen (secondary N) is 2. The third kappa shape index (κ3) is 5.29. The molecule has 0 aliphatic carbocycles. The molecule has 22 heavy (non-hydrogen) atoms. The molecule has 0 radical (unpaired) electrons. The first kappa shape index (κ1) is 16.7. The summed E-state index contributed by atoms with van der Waals surface area (Å²) >= 11 is 5.97. The first-order chi connectivity index (χ1) is 10.5. The van der Waals surface area contributed by atoms with Crippen LogP contribution in [0.3, 0.4) is 0 Å². The molecule has 7 heteroatoms. The second-order valence-corrected chi connectivity index (χ2v) is 5.48. The molecule has 120 valence electrons. The van der Waals surface area contributed by atoms with Crippen molar-refractivity contribution in [2.45, 2.75) is 25.9 Å². The van der Waals surface area contributed by atoms with Gasteiger partial charge in [0.05, 0.1) is 23.4 Å². The van der Waals surface area contributed by atoms with E-state index in [1.165, 1.54) is 6.92 Å². The highest BCUT2D eigenvalue weighted by molar-refractivity contribution is 6.33. The van der Waals surface area contributed by atoms with Crippen LogP contribution in [0.1, 0.15) is 19.8 Å². The number of ether oxygens (including phenoxy) is 2. The summed E-state index contributed by atoms with van der Waals surface area (Å²) in [6, 6.07) is 4.86. The predicted octanol–water partition coefficient (Wildman–Crippen LogP) is 2.43. The van der Waals surface area contributed by atoms with E-state index >= 15 is 0 Å². The number of benzene rings is 1. The summed E-state index contributed by atoms with van der Waals surface area (Å²) in [5.41, 5.74) is 0.992. The van der Waals surface area contributed by atoms with Gasteiger partial charge in [0.15, 0.2) is 0 Å². The van der Waals surface area contributed by atoms with E-state index in [0.717, 1.165) is 19.4 Å². The number of halogens is 1. The molecule has 0 aromatic heterocycles. The van der Waals surface area contributed by atoms with E-state index in [1.807, 2.05) is 0 Å². The molecule has 2 amide bonds. The quantitative estimate of drug-likeness (QED) is 0.841. The third-order valence-electron chi connectivity index (χ3n) is 3.12. The first-order valence-electron chi connectivity index (χ1n) is 7.11. The minimum atomic E-state index is -0.269. The highest BCUT2D eigenvalue weighted by atomic mass is 35.5. The summed E-state index contributed by atoms with van der Waals surface area (Å²) in [5, 5.41) is 5.70. The van der Waals surface area contributed by atoms with E-state index in [0.29, 0.717) is 23.0 Å². The third-order valence-corrected chi connectivity index (χ3v) is 3.45. The Bertz CT molecular complexity index is 544. The van der Waals surface area contributed by atoms with Crippen molar-refractivity contribution in [3.63, 3.8) is 0 Å². The van der Waals surface area contributed by atoms with Crippen molar-refractivity contribution >= 4 is 34.8 Å². The molecular weight excluding hydrogens is 308 g/mol. The number of rotatable bonds is 6. The fourth-order valence-electron chi connectivity index (χ4n) is 2.14. The molecule has 1 aliphatic heterocycles. The zero-order chi connectivity index (χ0) is 15.9. The SMILES string of the molecule is CC(=O)Nc1cc(NC(=O)COCC2CCCO2)ccc1Cl. The smallest absolute Gasteiger partial charge is 0.250 e. The molecule has 1 heterocycles. The molecule has 1 aromatic rings. The van der Waals surface area contributed by atoms with Crippen LogP contribution in [0, 0.1) is 0 Å². The van der Waals surface area contributed by atoms with E-state index in [4.69, 9.17) is 21.1 Å². The van der Waals surface area contributed by atoms with Crippen LogP contribution in [0.5, 0.6) is 0 Å². The van der Waals surface area contributed by atoms with Gasteiger partial charge in [0.1, 0.15) is 6.61 Å². The largest absolute Gasteiger partial charge is 0.376 e. The van der Waals surface area contributed by atoms with Crippen LogP contribution in [0.15, 0.2) is 18.2 Å². The van der Waals surface area contributed by atoms with Gasteiger partial charge >= 0.3 is 0 Å². The van der Waals surface area contributed by atoms with Gasteiger partial charge < -0.3 is 20.1 Å². The van der Waals surface area contributed by atoms with Gasteiger partial charge in [0, 0.05) is 19.2 Å². The minimum Gasteiger partial charge on any atom is -0.376 e. The molecule has 1 fully saturated rings. The zero-order valence-electron chi connectivity index (χ0n) is 12.4. The maximum Gasteiger partial charge on any atom is 0.250 e. The molecule has 1 unspecified atom stereocenters. The van der Waals surface area contributed by atoms with Gasteiger partial charge in [-0.25, -0.2) is 0 Å². The predicted molar refractivity (Wildman–Crippen MR) is 84.2 cm³/mol. The second kappa shape index (κ2) is 8.12. The Balaban J connectivity index is 1.81. The normalized spacial score (nSPS) is 17.3. The van der Waals surface area contributed by atoms with Crippen LogP contribution in [0.4, 0.5) is 11.4 Å². The molecule has 2 N–H and O–H groups in total. The molecule has 1 aliphatic rings. The second-order valence-electron chi connectivity index (χ2n) is 5.07. The maximum atomic E-state index is 11.8. The van der Waals surface area contributed by atoms with Gasteiger partial charge in [-0.2, -0.15) is 0 Å². The summed E-state index contributed by atoms with van der Waals surface area (Å²) in [7, 11) is 0. The Kier molecular flexibility index (Phi) is 6.18. The van der Waals surface area contributed by atoms with Crippen LogP contribution in [0.25, 0.3) is 0 Å². The average Bonchev–Trinajstić information content (AvgIpc) is 2.95. The standard InChI is InChI=1S/C15H19ClN2O4/c1-10(19)17-14-7-11(4-5-13(14)16)18-15(20)9-21-8-12-3-2-6-22-12/h4-5,7,12H,2-3,6,8-9H2,1H3,(H,17,19)(H,18,20). The van der Waals surface area contributed by atoms with Gasteiger partial charge in [-0.15, -0.1) is 0 Å². The molecular formula is C15H19ClN2O4. The number of carbonyl (C=O) groups excluding carboxylic acids is 2. The van der Waals surface area contributed by atoms with E-state index in [9.17, 15) is 9.59 Å². The Morgan fingerprint density at radius 1 is 1.41 bits per heavy atom. The molecule has 2 rings (SSSR count). The Morgan fingerprint density at radius 2 is 2.23 bits per heavy atom. The maximum absolute atomic E-state index is 11.8. The molecule has 1 atom stereocenters. The van der Waals surface area contributed by atoms with Crippen LogP contribution in [-0.4, -0.2) is 37.7 Å². The average molecular weight is 327 g/mol. The summed E-state index contributed by atoms with van der Waals surface area (Å²) in [6.45, 7) is 2.53. The van der Waals surface area contributed by atoms with E-state index in [2.05, 4.69) is 10.6 Å². The highest BCUT2D eigenvalue weighted by Gasteiger charge is 2.16. The number of hydrogen-bond donors (Lipinski definition) is 2. The number of hydrogen-bond acceptors (Lipinski definition) is 4. The van der Waals surface area contributed by atoms with Gasteiger partial charge in [-0.1, -0.05) is 11.6 Å². The lowest BCUT2D eigenvalue weighted by molar-refractivity contribution is -0.121. The Labute approximate surface area is 134 Å². The molecule has 0 spiro atoms. The lowest BCUT2D eigenvalue weighted by atomic mass is 10.2. The zero-order valence-corrected chi connectivity index (χ0v) is 13.1. The fraction of sp³-hybridized carbons (Fsp3) is 0.467. The molecule has 0 bridgehead atoms. The van der Waals surface area contributed by atoms with Crippen molar-refractivity contribution in [3.8, 4) is 0 Å². The van der Waals surface area contributed by atoms with Crippen LogP contribution in [0.2, 0.25) is 5.02 Å². The van der Waals surface area contributed by atoms with Crippen molar-refractivity contribution in [1.29, 1.82) is 0 Å². The van der Waals surface area contributed by atoms with Gasteiger partial charge in [0.2, 0.25) is 11.8 Å². The number of amides is 2. The summed E-state index contributed by atoms with van der Waals surface area (Å²) in [6.07, 6.45) is 2.10. The van der Waals surface area contributed by atoms with Gasteiger partial charge in [-0.05, 0) is 31.0 Å². The molecule has 1 aromatic carbocycles. The number of anilines is 2. The lowest BCUT2D eigenvalue weighted by Crippen LogP contribution is -2.22. The number of carbonyl (C=O) groups is 2.